The molecule has 3 fully saturated rings. The predicted molar refractivity (Wildman–Crippen MR) is 78.2 cm³/mol. The van der Waals surface area contributed by atoms with Crippen molar-refractivity contribution in [3.05, 3.63) is 29.6 Å². The van der Waals surface area contributed by atoms with Crippen molar-refractivity contribution in [1.82, 2.24) is 14.8 Å². The fourth-order valence-corrected chi connectivity index (χ4v) is 3.33. The summed E-state index contributed by atoms with van der Waals surface area (Å²) in [5.41, 5.74) is 2.68. The summed E-state index contributed by atoms with van der Waals surface area (Å²) in [6, 6.07) is 5.99. The lowest BCUT2D eigenvalue weighted by Crippen LogP contribution is -2.67. The maximum atomic E-state index is 4.63. The maximum absolute atomic E-state index is 4.63. The van der Waals surface area contributed by atoms with E-state index < -0.39 is 0 Å². The third kappa shape index (κ3) is 2.54. The molecule has 0 saturated carbocycles. The van der Waals surface area contributed by atoms with Crippen molar-refractivity contribution in [2.75, 3.05) is 20.1 Å². The molecule has 104 valence electrons. The number of likely N-dealkylation sites (N-methyl/N-ethyl adjacent to an activating group) is 1. The summed E-state index contributed by atoms with van der Waals surface area (Å²) in [7, 11) is 2.23. The normalized spacial score (nSPS) is 28.2. The van der Waals surface area contributed by atoms with Crippen molar-refractivity contribution in [1.29, 1.82) is 0 Å². The van der Waals surface area contributed by atoms with Crippen LogP contribution in [0, 0.1) is 0 Å². The lowest BCUT2D eigenvalue weighted by molar-refractivity contribution is -0.0668. The number of pyridine rings is 1. The Kier molecular flexibility index (Phi) is 3.14. The van der Waals surface area contributed by atoms with E-state index in [0.717, 1.165) is 18.6 Å². The molecule has 19 heavy (non-hydrogen) atoms. The fraction of sp³-hybridized carbons (Fsp3) is 0.688. The summed E-state index contributed by atoms with van der Waals surface area (Å²) in [6.45, 7) is 10.2. The molecule has 0 radical (unpaired) electrons. The topological polar surface area (TPSA) is 19.4 Å². The van der Waals surface area contributed by atoms with Crippen molar-refractivity contribution in [2.45, 2.75) is 51.2 Å². The minimum atomic E-state index is 0.147. The highest BCUT2D eigenvalue weighted by atomic mass is 15.3. The summed E-state index contributed by atoms with van der Waals surface area (Å²) in [5.74, 6) is 0. The molecular weight excluding hydrogens is 234 g/mol. The van der Waals surface area contributed by atoms with Gasteiger partial charge in [0.2, 0.25) is 0 Å². The molecule has 4 rings (SSSR count). The van der Waals surface area contributed by atoms with E-state index in [1.165, 1.54) is 30.8 Å². The number of nitrogens with zero attached hydrogens (tertiary/aromatic N) is 3. The molecule has 3 heteroatoms. The van der Waals surface area contributed by atoms with E-state index >= 15 is 0 Å². The van der Waals surface area contributed by atoms with E-state index in [1.54, 1.807) is 0 Å². The molecule has 1 aromatic rings. The third-order valence-corrected chi connectivity index (χ3v) is 4.49. The van der Waals surface area contributed by atoms with Gasteiger partial charge in [-0.05, 0) is 25.1 Å². The van der Waals surface area contributed by atoms with E-state index in [1.807, 2.05) is 0 Å². The smallest absolute Gasteiger partial charge is 0.0457 e. The van der Waals surface area contributed by atoms with Gasteiger partial charge in [-0.15, -0.1) is 0 Å². The van der Waals surface area contributed by atoms with Gasteiger partial charge in [-0.25, -0.2) is 0 Å². The van der Waals surface area contributed by atoms with Gasteiger partial charge in [0.1, 0.15) is 0 Å². The van der Waals surface area contributed by atoms with Gasteiger partial charge in [-0.1, -0.05) is 26.8 Å². The van der Waals surface area contributed by atoms with Crippen LogP contribution in [0.4, 0.5) is 0 Å². The number of rotatable bonds is 2. The molecule has 3 nitrogen and oxygen atoms in total. The minimum absolute atomic E-state index is 0.147. The first-order chi connectivity index (χ1) is 8.93. The second kappa shape index (κ2) is 4.57. The molecule has 1 aromatic heterocycles. The monoisotopic (exact) mass is 259 g/mol. The molecule has 0 aromatic carbocycles. The molecule has 2 unspecified atom stereocenters. The van der Waals surface area contributed by atoms with Gasteiger partial charge in [-0.2, -0.15) is 0 Å². The Balaban J connectivity index is 1.65. The molecule has 4 heterocycles. The van der Waals surface area contributed by atoms with Crippen molar-refractivity contribution in [3.8, 4) is 0 Å². The lowest BCUT2D eigenvalue weighted by Gasteiger charge is -2.55. The van der Waals surface area contributed by atoms with E-state index in [2.05, 4.69) is 60.9 Å². The summed E-state index contributed by atoms with van der Waals surface area (Å²) in [4.78, 5) is 9.73. The van der Waals surface area contributed by atoms with Gasteiger partial charge in [0.05, 0.1) is 0 Å². The Labute approximate surface area is 116 Å². The van der Waals surface area contributed by atoms with Gasteiger partial charge in [0, 0.05) is 49.0 Å². The van der Waals surface area contributed by atoms with Crippen molar-refractivity contribution in [2.24, 2.45) is 0 Å². The van der Waals surface area contributed by atoms with Crippen LogP contribution in [-0.2, 0) is 12.0 Å². The first kappa shape index (κ1) is 13.1. The van der Waals surface area contributed by atoms with Gasteiger partial charge in [-0.3, -0.25) is 9.88 Å². The van der Waals surface area contributed by atoms with Crippen LogP contribution in [0.3, 0.4) is 0 Å². The number of aromatic nitrogens is 1. The number of hydrogen-bond donors (Lipinski definition) is 0. The van der Waals surface area contributed by atoms with E-state index in [4.69, 9.17) is 0 Å². The van der Waals surface area contributed by atoms with Crippen LogP contribution >= 0.6 is 0 Å². The highest BCUT2D eigenvalue weighted by Crippen LogP contribution is 2.33. The first-order valence-corrected chi connectivity index (χ1v) is 7.33. The van der Waals surface area contributed by atoms with Crippen molar-refractivity contribution < 1.29 is 0 Å². The van der Waals surface area contributed by atoms with Crippen LogP contribution in [0.15, 0.2) is 18.3 Å². The molecule has 2 atom stereocenters. The van der Waals surface area contributed by atoms with Crippen LogP contribution in [0.25, 0.3) is 0 Å². The maximum Gasteiger partial charge on any atom is 0.0457 e. The van der Waals surface area contributed by atoms with Gasteiger partial charge in [0.15, 0.2) is 0 Å². The molecule has 3 aliphatic heterocycles. The van der Waals surface area contributed by atoms with E-state index in [0.29, 0.717) is 0 Å². The van der Waals surface area contributed by atoms with E-state index in [-0.39, 0.29) is 5.41 Å². The molecule has 0 amide bonds. The average Bonchev–Trinajstić information content (AvgIpc) is 2.35. The highest BCUT2D eigenvalue weighted by Gasteiger charge is 2.43. The number of hydrogen-bond acceptors (Lipinski definition) is 3. The van der Waals surface area contributed by atoms with Crippen LogP contribution in [0.1, 0.15) is 38.4 Å². The van der Waals surface area contributed by atoms with E-state index in [9.17, 15) is 0 Å². The summed E-state index contributed by atoms with van der Waals surface area (Å²) in [6.07, 6.45) is 3.45. The Morgan fingerprint density at radius 3 is 2.42 bits per heavy atom. The quantitative estimate of drug-likeness (QED) is 0.812. The van der Waals surface area contributed by atoms with Crippen LogP contribution < -0.4 is 0 Å². The van der Waals surface area contributed by atoms with Gasteiger partial charge >= 0.3 is 0 Å². The third-order valence-electron chi connectivity index (χ3n) is 4.49. The lowest BCUT2D eigenvalue weighted by atomic mass is 9.87. The fourth-order valence-electron chi connectivity index (χ4n) is 3.33. The van der Waals surface area contributed by atoms with Crippen LogP contribution in [0.2, 0.25) is 0 Å². The molecule has 0 aliphatic carbocycles. The number of piperazine rings is 1. The molecule has 0 N–H and O–H groups in total. The molecule has 3 saturated heterocycles. The average molecular weight is 259 g/mol. The zero-order valence-electron chi connectivity index (χ0n) is 12.6. The molecule has 2 bridgehead atoms. The van der Waals surface area contributed by atoms with Crippen molar-refractivity contribution >= 4 is 0 Å². The summed E-state index contributed by atoms with van der Waals surface area (Å²) < 4.78 is 0. The number of fused-ring (bicyclic) bond motifs is 2. The van der Waals surface area contributed by atoms with Gasteiger partial charge < -0.3 is 4.90 Å². The van der Waals surface area contributed by atoms with Gasteiger partial charge in [0.25, 0.3) is 0 Å². The standard InChI is InChI=1S/C16H25N3/c1-16(2,3)15-6-5-12(8-17-15)9-19-13-7-14(19)11-18(4)10-13/h5-6,8,13-14H,7,9-11H2,1-4H3. The highest BCUT2D eigenvalue weighted by molar-refractivity contribution is 5.20. The zero-order chi connectivity index (χ0) is 13.6. The molecular formula is C16H25N3. The Hall–Kier alpha value is -0.930. The molecule has 3 aliphatic rings. The summed E-state index contributed by atoms with van der Waals surface area (Å²) in [5, 5.41) is 0. The Morgan fingerprint density at radius 1 is 1.21 bits per heavy atom. The van der Waals surface area contributed by atoms with Crippen LogP contribution in [0.5, 0.6) is 0 Å². The Bertz CT molecular complexity index is 434. The SMILES string of the molecule is CN1CC2CC(C1)N2Cc1ccc(C(C)(C)C)nc1. The Morgan fingerprint density at radius 2 is 1.89 bits per heavy atom. The number of piperidine rings is 1. The zero-order valence-corrected chi connectivity index (χ0v) is 12.6. The largest absolute Gasteiger partial charge is 0.303 e. The minimum Gasteiger partial charge on any atom is -0.303 e. The predicted octanol–water partition coefficient (Wildman–Crippen LogP) is 2.27. The second-order valence-corrected chi connectivity index (χ2v) is 7.24. The second-order valence-electron chi connectivity index (χ2n) is 7.24. The molecule has 0 spiro atoms. The summed E-state index contributed by atoms with van der Waals surface area (Å²) >= 11 is 0. The first-order valence-electron chi connectivity index (χ1n) is 7.33. The van der Waals surface area contributed by atoms with Crippen molar-refractivity contribution in [3.63, 3.8) is 0 Å². The van der Waals surface area contributed by atoms with Crippen LogP contribution in [-0.4, -0.2) is 47.0 Å².